The van der Waals surface area contributed by atoms with Gasteiger partial charge >= 0.3 is 0 Å². The quantitative estimate of drug-likeness (QED) is 0.418. The number of allylic oxidation sites excluding steroid dienone is 2. The van der Waals surface area contributed by atoms with Gasteiger partial charge in [-0.3, -0.25) is 9.59 Å². The van der Waals surface area contributed by atoms with E-state index in [1.54, 1.807) is 0 Å². The lowest BCUT2D eigenvalue weighted by atomic mass is 10.0. The first-order chi connectivity index (χ1) is 7.66. The van der Waals surface area contributed by atoms with Crippen LogP contribution in [-0.4, -0.2) is 21.5 Å². The Kier molecular flexibility index (Phi) is 2.40. The van der Waals surface area contributed by atoms with Gasteiger partial charge in [-0.25, -0.2) is 9.97 Å². The molecule has 0 radical (unpaired) electrons. The molecule has 78 valence electrons. The van der Waals surface area contributed by atoms with Gasteiger partial charge in [0.05, 0.1) is 0 Å². The van der Waals surface area contributed by atoms with E-state index in [1.165, 1.54) is 12.4 Å². The molecular weight excluding hydrogens is 234 g/mol. The van der Waals surface area contributed by atoms with Crippen LogP contribution in [0.5, 0.6) is 0 Å². The van der Waals surface area contributed by atoms with E-state index >= 15 is 0 Å². The van der Waals surface area contributed by atoms with E-state index in [9.17, 15) is 9.59 Å². The molecule has 1 aliphatic carbocycles. The Morgan fingerprint density at radius 3 is 2.31 bits per heavy atom. The Balaban J connectivity index is 2.72. The van der Waals surface area contributed by atoms with Gasteiger partial charge < -0.3 is 0 Å². The largest absolute Gasteiger partial charge is 0.287 e. The number of fused-ring (bicyclic) bond motifs is 1. The van der Waals surface area contributed by atoms with Crippen LogP contribution in [0.1, 0.15) is 21.0 Å². The molecule has 8 heteroatoms. The van der Waals surface area contributed by atoms with Crippen molar-refractivity contribution in [2.75, 3.05) is 0 Å². The minimum Gasteiger partial charge on any atom is -0.287 e. The Hall–Kier alpha value is -2.24. The first kappa shape index (κ1) is 10.3. The molecule has 0 saturated carbocycles. The highest BCUT2D eigenvalue weighted by Gasteiger charge is 2.32. The number of rotatable bonds is 1. The van der Waals surface area contributed by atoms with Crippen LogP contribution in [0, 0.1) is 0 Å². The molecule has 1 heterocycles. The van der Waals surface area contributed by atoms with Crippen LogP contribution in [-0.2, 0) is 0 Å². The number of halogens is 1. The van der Waals surface area contributed by atoms with Crippen molar-refractivity contribution in [3.63, 3.8) is 0 Å². The number of aromatic nitrogens is 2. The molecule has 0 spiro atoms. The summed E-state index contributed by atoms with van der Waals surface area (Å²) in [4.78, 5) is 33.2. The normalized spacial score (nSPS) is 14.6. The van der Waals surface area contributed by atoms with Crippen LogP contribution in [0.25, 0.3) is 10.4 Å². The molecule has 7 nitrogen and oxygen atoms in total. The summed E-state index contributed by atoms with van der Waals surface area (Å²) in [6.07, 6.45) is 2.53. The van der Waals surface area contributed by atoms with E-state index in [0.29, 0.717) is 0 Å². The number of azide groups is 1. The predicted molar refractivity (Wildman–Crippen MR) is 52.7 cm³/mol. The van der Waals surface area contributed by atoms with Crippen molar-refractivity contribution in [3.8, 4) is 0 Å². The summed E-state index contributed by atoms with van der Waals surface area (Å²) in [7, 11) is 0. The SMILES string of the molecule is [N-]=[N+]=NC1=C(Cl)C(=O)c2nccnc2C1=O. The molecule has 0 fully saturated rings. The second kappa shape index (κ2) is 3.73. The fourth-order valence-electron chi connectivity index (χ4n) is 1.23. The van der Waals surface area contributed by atoms with Crippen molar-refractivity contribution in [1.29, 1.82) is 0 Å². The van der Waals surface area contributed by atoms with Crippen molar-refractivity contribution in [3.05, 3.63) is 45.0 Å². The minimum atomic E-state index is -0.703. The Bertz CT molecular complexity index is 588. The third-order valence-corrected chi connectivity index (χ3v) is 2.25. The second-order valence-electron chi connectivity index (χ2n) is 2.76. The van der Waals surface area contributed by atoms with E-state index in [2.05, 4.69) is 20.0 Å². The Labute approximate surface area is 93.4 Å². The van der Waals surface area contributed by atoms with Crippen LogP contribution in [0.2, 0.25) is 0 Å². The lowest BCUT2D eigenvalue weighted by Crippen LogP contribution is -2.21. The molecule has 0 saturated heterocycles. The maximum absolute atomic E-state index is 11.7. The van der Waals surface area contributed by atoms with Crippen LogP contribution >= 0.6 is 11.6 Å². The van der Waals surface area contributed by atoms with Crippen molar-refractivity contribution in [2.45, 2.75) is 0 Å². The average molecular weight is 236 g/mol. The number of carbonyl (C=O) groups excluding carboxylic acids is 2. The minimum absolute atomic E-state index is 0.130. The number of hydrogen-bond donors (Lipinski definition) is 0. The maximum Gasteiger partial charge on any atom is 0.225 e. The smallest absolute Gasteiger partial charge is 0.225 e. The Morgan fingerprint density at radius 2 is 1.75 bits per heavy atom. The molecule has 0 atom stereocenters. The van der Waals surface area contributed by atoms with E-state index in [1.807, 2.05) is 0 Å². The fraction of sp³-hybridized carbons (Fsp3) is 0. The molecule has 1 aromatic heterocycles. The highest BCUT2D eigenvalue weighted by Crippen LogP contribution is 2.26. The van der Waals surface area contributed by atoms with Gasteiger partial charge in [0.2, 0.25) is 11.6 Å². The van der Waals surface area contributed by atoms with Crippen LogP contribution in [0.3, 0.4) is 0 Å². The third kappa shape index (κ3) is 1.35. The van der Waals surface area contributed by atoms with Gasteiger partial charge in [-0.05, 0) is 5.53 Å². The highest BCUT2D eigenvalue weighted by atomic mass is 35.5. The average Bonchev–Trinajstić information content (AvgIpc) is 2.32. The number of Topliss-reactive ketones (excluding diaryl/α,β-unsaturated/α-hetero) is 2. The van der Waals surface area contributed by atoms with Gasteiger partial charge in [0, 0.05) is 17.3 Å². The summed E-state index contributed by atoms with van der Waals surface area (Å²) in [5.41, 5.74) is 7.53. The van der Waals surface area contributed by atoms with Crippen molar-refractivity contribution >= 4 is 23.2 Å². The molecule has 16 heavy (non-hydrogen) atoms. The second-order valence-corrected chi connectivity index (χ2v) is 3.14. The van der Waals surface area contributed by atoms with Gasteiger partial charge in [0.1, 0.15) is 22.1 Å². The maximum atomic E-state index is 11.7. The van der Waals surface area contributed by atoms with E-state index in [-0.39, 0.29) is 11.4 Å². The summed E-state index contributed by atoms with van der Waals surface area (Å²) in [6, 6.07) is 0. The molecule has 0 bridgehead atoms. The summed E-state index contributed by atoms with van der Waals surface area (Å²) in [5.74, 6) is -1.38. The molecule has 0 aliphatic heterocycles. The predicted octanol–water partition coefficient (Wildman–Crippen LogP) is 1.62. The van der Waals surface area contributed by atoms with E-state index in [0.717, 1.165) is 0 Å². The van der Waals surface area contributed by atoms with Gasteiger partial charge in [-0.1, -0.05) is 16.7 Å². The van der Waals surface area contributed by atoms with Crippen molar-refractivity contribution in [1.82, 2.24) is 9.97 Å². The number of ketones is 2. The Morgan fingerprint density at radius 1 is 1.19 bits per heavy atom. The van der Waals surface area contributed by atoms with Gasteiger partial charge in [0.25, 0.3) is 0 Å². The molecule has 2 rings (SSSR count). The summed E-state index contributed by atoms with van der Waals surface area (Å²) >= 11 is 5.61. The summed E-state index contributed by atoms with van der Waals surface area (Å²) < 4.78 is 0. The lowest BCUT2D eigenvalue weighted by molar-refractivity contribution is 0.0972. The zero-order valence-electron chi connectivity index (χ0n) is 7.59. The highest BCUT2D eigenvalue weighted by molar-refractivity contribution is 6.49. The van der Waals surface area contributed by atoms with Crippen LogP contribution < -0.4 is 0 Å². The summed E-state index contributed by atoms with van der Waals surface area (Å²) in [6.45, 7) is 0. The van der Waals surface area contributed by atoms with Crippen molar-refractivity contribution in [2.24, 2.45) is 5.11 Å². The van der Waals surface area contributed by atoms with Gasteiger partial charge in [-0.15, -0.1) is 0 Å². The van der Waals surface area contributed by atoms with Crippen LogP contribution in [0.4, 0.5) is 0 Å². The number of hydrogen-bond acceptors (Lipinski definition) is 5. The fourth-order valence-corrected chi connectivity index (χ4v) is 1.44. The zero-order chi connectivity index (χ0) is 11.7. The molecule has 0 aromatic carbocycles. The monoisotopic (exact) mass is 235 g/mol. The topological polar surface area (TPSA) is 109 Å². The molecule has 1 aromatic rings. The molecular formula is C8H2ClN5O2. The third-order valence-electron chi connectivity index (χ3n) is 1.90. The standard InChI is InChI=1S/C8H2ClN5O2/c9-3-4(13-14-10)8(16)6-5(7(3)15)11-1-2-12-6/h1-2H. The molecule has 0 amide bonds. The van der Waals surface area contributed by atoms with Crippen LogP contribution in [0.15, 0.2) is 28.2 Å². The van der Waals surface area contributed by atoms with Crippen molar-refractivity contribution < 1.29 is 9.59 Å². The van der Waals surface area contributed by atoms with Gasteiger partial charge in [0.15, 0.2) is 0 Å². The van der Waals surface area contributed by atoms with Gasteiger partial charge in [-0.2, -0.15) is 0 Å². The van der Waals surface area contributed by atoms with E-state index in [4.69, 9.17) is 17.1 Å². The summed E-state index contributed by atoms with van der Waals surface area (Å²) in [5, 5.41) is 2.65. The number of carbonyl (C=O) groups is 2. The zero-order valence-corrected chi connectivity index (χ0v) is 8.34. The lowest BCUT2D eigenvalue weighted by Gasteiger charge is -2.11. The molecule has 1 aliphatic rings. The first-order valence-electron chi connectivity index (χ1n) is 4.02. The number of nitrogens with zero attached hydrogens (tertiary/aromatic N) is 5. The molecule has 0 unspecified atom stereocenters. The molecule has 0 N–H and O–H groups in total. The van der Waals surface area contributed by atoms with E-state index < -0.39 is 22.3 Å². The first-order valence-corrected chi connectivity index (χ1v) is 4.40.